The standard InChI is InChI=1S/C13H16ClN3O2S/c1-10-9-20(18,19)7-6-16(10)13-11(8-14)17-5-3-2-4-12(17)15-13/h2-5,10H,6-9H2,1H3. The summed E-state index contributed by atoms with van der Waals surface area (Å²) in [7, 11) is -2.93. The Morgan fingerprint density at radius 3 is 2.95 bits per heavy atom. The highest BCUT2D eigenvalue weighted by Gasteiger charge is 2.31. The number of anilines is 1. The van der Waals surface area contributed by atoms with Gasteiger partial charge in [0.15, 0.2) is 15.7 Å². The lowest BCUT2D eigenvalue weighted by atomic mass is 10.3. The molecule has 1 atom stereocenters. The average molecular weight is 314 g/mol. The maximum Gasteiger partial charge on any atom is 0.154 e. The Morgan fingerprint density at radius 2 is 2.25 bits per heavy atom. The number of hydrogen-bond acceptors (Lipinski definition) is 4. The van der Waals surface area contributed by atoms with Crippen molar-refractivity contribution in [2.45, 2.75) is 18.8 Å². The summed E-state index contributed by atoms with van der Waals surface area (Å²) in [6.45, 7) is 2.38. The fourth-order valence-electron chi connectivity index (χ4n) is 2.70. The normalized spacial score (nSPS) is 22.3. The molecule has 0 aliphatic carbocycles. The number of rotatable bonds is 2. The third kappa shape index (κ3) is 2.27. The van der Waals surface area contributed by atoms with Crippen molar-refractivity contribution in [2.75, 3.05) is 23.0 Å². The first kappa shape index (κ1) is 13.7. The van der Waals surface area contributed by atoms with Gasteiger partial charge in [0.1, 0.15) is 5.65 Å². The number of hydrogen-bond donors (Lipinski definition) is 0. The van der Waals surface area contributed by atoms with E-state index in [2.05, 4.69) is 4.98 Å². The van der Waals surface area contributed by atoms with Crippen LogP contribution >= 0.6 is 11.6 Å². The molecule has 2 aromatic rings. The number of aromatic nitrogens is 2. The number of alkyl halides is 1. The first-order valence-electron chi connectivity index (χ1n) is 6.51. The molecule has 0 bridgehead atoms. The summed E-state index contributed by atoms with van der Waals surface area (Å²) < 4.78 is 25.3. The zero-order valence-electron chi connectivity index (χ0n) is 11.2. The number of fused-ring (bicyclic) bond motifs is 1. The maximum absolute atomic E-state index is 11.7. The number of nitrogens with zero attached hydrogens (tertiary/aromatic N) is 3. The summed E-state index contributed by atoms with van der Waals surface area (Å²) in [5.74, 6) is 1.49. The van der Waals surface area contributed by atoms with E-state index in [-0.39, 0.29) is 17.5 Å². The number of imidazole rings is 1. The quantitative estimate of drug-likeness (QED) is 0.792. The predicted octanol–water partition coefficient (Wildman–Crippen LogP) is 1.70. The van der Waals surface area contributed by atoms with Crippen LogP contribution in [0.5, 0.6) is 0 Å². The molecule has 20 heavy (non-hydrogen) atoms. The molecule has 1 fully saturated rings. The van der Waals surface area contributed by atoms with Gasteiger partial charge in [0, 0.05) is 18.8 Å². The minimum Gasteiger partial charge on any atom is -0.350 e. The lowest BCUT2D eigenvalue weighted by molar-refractivity contribution is 0.566. The van der Waals surface area contributed by atoms with Crippen molar-refractivity contribution in [1.82, 2.24) is 9.38 Å². The molecule has 108 valence electrons. The van der Waals surface area contributed by atoms with E-state index in [4.69, 9.17) is 11.6 Å². The highest BCUT2D eigenvalue weighted by Crippen LogP contribution is 2.27. The molecule has 0 spiro atoms. The zero-order chi connectivity index (χ0) is 14.3. The molecule has 3 rings (SSSR count). The van der Waals surface area contributed by atoms with Crippen LogP contribution in [0.3, 0.4) is 0 Å². The second-order valence-electron chi connectivity index (χ2n) is 5.10. The van der Waals surface area contributed by atoms with Crippen LogP contribution in [0.2, 0.25) is 0 Å². The minimum atomic E-state index is -2.93. The molecule has 7 heteroatoms. The SMILES string of the molecule is CC1CS(=O)(=O)CCN1c1nc2ccccn2c1CCl. The Kier molecular flexibility index (Phi) is 3.38. The van der Waals surface area contributed by atoms with E-state index in [1.165, 1.54) is 0 Å². The number of halogens is 1. The molecule has 1 saturated heterocycles. The van der Waals surface area contributed by atoms with Crippen LogP contribution in [0, 0.1) is 0 Å². The molecule has 5 nitrogen and oxygen atoms in total. The fraction of sp³-hybridized carbons (Fsp3) is 0.462. The maximum atomic E-state index is 11.7. The summed E-state index contributed by atoms with van der Waals surface area (Å²) in [6, 6.07) is 5.69. The molecular formula is C13H16ClN3O2S. The zero-order valence-corrected chi connectivity index (χ0v) is 12.7. The summed E-state index contributed by atoms with van der Waals surface area (Å²) in [6.07, 6.45) is 1.93. The summed E-state index contributed by atoms with van der Waals surface area (Å²) >= 11 is 6.07. The van der Waals surface area contributed by atoms with Crippen LogP contribution in [0.4, 0.5) is 5.82 Å². The van der Waals surface area contributed by atoms with Crippen LogP contribution in [-0.4, -0.2) is 41.9 Å². The van der Waals surface area contributed by atoms with Gasteiger partial charge in [-0.15, -0.1) is 11.6 Å². The van der Waals surface area contributed by atoms with Crippen LogP contribution in [-0.2, 0) is 15.7 Å². The lowest BCUT2D eigenvalue weighted by Gasteiger charge is -2.33. The summed E-state index contributed by atoms with van der Waals surface area (Å²) in [5.41, 5.74) is 1.74. The van der Waals surface area contributed by atoms with Crippen molar-refractivity contribution in [1.29, 1.82) is 0 Å². The van der Waals surface area contributed by atoms with Crippen molar-refractivity contribution in [3.63, 3.8) is 0 Å². The Bertz CT molecular complexity index is 741. The van der Waals surface area contributed by atoms with Crippen molar-refractivity contribution in [2.24, 2.45) is 0 Å². The Morgan fingerprint density at radius 1 is 1.45 bits per heavy atom. The van der Waals surface area contributed by atoms with Crippen LogP contribution < -0.4 is 4.90 Å². The summed E-state index contributed by atoms with van der Waals surface area (Å²) in [5, 5.41) is 0. The summed E-state index contributed by atoms with van der Waals surface area (Å²) in [4.78, 5) is 6.66. The molecule has 0 aromatic carbocycles. The molecule has 0 radical (unpaired) electrons. The molecule has 3 heterocycles. The Hall–Kier alpha value is -1.27. The number of pyridine rings is 1. The molecule has 0 N–H and O–H groups in total. The second-order valence-corrected chi connectivity index (χ2v) is 7.60. The molecule has 0 amide bonds. The third-order valence-corrected chi connectivity index (χ3v) is 5.72. The van der Waals surface area contributed by atoms with Gasteiger partial charge in [0.2, 0.25) is 0 Å². The molecule has 2 aromatic heterocycles. The van der Waals surface area contributed by atoms with Crippen LogP contribution in [0.1, 0.15) is 12.6 Å². The van der Waals surface area contributed by atoms with Gasteiger partial charge in [-0.3, -0.25) is 0 Å². The largest absolute Gasteiger partial charge is 0.350 e. The lowest BCUT2D eigenvalue weighted by Crippen LogP contribution is -2.47. The monoisotopic (exact) mass is 313 g/mol. The van der Waals surface area contributed by atoms with Crippen LogP contribution in [0.15, 0.2) is 24.4 Å². The molecular weight excluding hydrogens is 298 g/mol. The van der Waals surface area contributed by atoms with Crippen molar-refractivity contribution < 1.29 is 8.42 Å². The first-order valence-corrected chi connectivity index (χ1v) is 8.86. The van der Waals surface area contributed by atoms with Gasteiger partial charge < -0.3 is 9.30 Å². The highest BCUT2D eigenvalue weighted by molar-refractivity contribution is 7.91. The van der Waals surface area contributed by atoms with Crippen molar-refractivity contribution >= 4 is 32.9 Å². The molecule has 0 saturated carbocycles. The van der Waals surface area contributed by atoms with E-state index >= 15 is 0 Å². The third-order valence-electron chi connectivity index (χ3n) is 3.68. The Balaban J connectivity index is 2.06. The second kappa shape index (κ2) is 4.93. The van der Waals surface area contributed by atoms with Gasteiger partial charge >= 0.3 is 0 Å². The van der Waals surface area contributed by atoms with Gasteiger partial charge in [-0.1, -0.05) is 6.07 Å². The molecule has 1 unspecified atom stereocenters. The van der Waals surface area contributed by atoms with Gasteiger partial charge in [0.25, 0.3) is 0 Å². The Labute approximate surface area is 123 Å². The first-order chi connectivity index (χ1) is 9.52. The minimum absolute atomic E-state index is 0.0828. The van der Waals surface area contributed by atoms with E-state index in [1.54, 1.807) is 0 Å². The highest BCUT2D eigenvalue weighted by atomic mass is 35.5. The van der Waals surface area contributed by atoms with E-state index in [0.29, 0.717) is 12.4 Å². The van der Waals surface area contributed by atoms with Gasteiger partial charge in [0.05, 0.1) is 23.1 Å². The van der Waals surface area contributed by atoms with Crippen molar-refractivity contribution in [3.8, 4) is 0 Å². The van der Waals surface area contributed by atoms with E-state index in [1.807, 2.05) is 40.6 Å². The smallest absolute Gasteiger partial charge is 0.154 e. The van der Waals surface area contributed by atoms with Gasteiger partial charge in [-0.05, 0) is 19.1 Å². The van der Waals surface area contributed by atoms with Gasteiger partial charge in [-0.2, -0.15) is 0 Å². The fourth-order valence-corrected chi connectivity index (χ4v) is 4.51. The topological polar surface area (TPSA) is 54.7 Å². The van der Waals surface area contributed by atoms with Gasteiger partial charge in [-0.25, -0.2) is 13.4 Å². The van der Waals surface area contributed by atoms with E-state index in [0.717, 1.165) is 17.2 Å². The number of sulfone groups is 1. The van der Waals surface area contributed by atoms with E-state index < -0.39 is 9.84 Å². The van der Waals surface area contributed by atoms with Crippen molar-refractivity contribution in [3.05, 3.63) is 30.1 Å². The van der Waals surface area contributed by atoms with E-state index in [9.17, 15) is 8.42 Å². The predicted molar refractivity (Wildman–Crippen MR) is 80.2 cm³/mol. The molecule has 1 aliphatic rings. The average Bonchev–Trinajstić information content (AvgIpc) is 2.75. The van der Waals surface area contributed by atoms with Crippen LogP contribution in [0.25, 0.3) is 5.65 Å². The molecule has 1 aliphatic heterocycles.